The number of aliphatic hydroxyl groups is 4. The van der Waals surface area contributed by atoms with Gasteiger partial charge in [-0.05, 0) is 50.4 Å². The zero-order chi connectivity index (χ0) is 31.0. The second kappa shape index (κ2) is 10.2. The quantitative estimate of drug-likeness (QED) is 0.275. The first-order valence-electron chi connectivity index (χ1n) is 13.9. The Morgan fingerprint density at radius 2 is 1.71 bits per heavy atom. The van der Waals surface area contributed by atoms with Crippen molar-refractivity contribution in [3.8, 4) is 5.75 Å². The van der Waals surface area contributed by atoms with Crippen LogP contribution >= 0.6 is 0 Å². The Labute approximate surface area is 242 Å². The Kier molecular flexibility index (Phi) is 7.32. The summed E-state index contributed by atoms with van der Waals surface area (Å²) in [5.74, 6) is -12.3. The van der Waals surface area contributed by atoms with Crippen LogP contribution in [0.5, 0.6) is 5.75 Å². The fourth-order valence-corrected chi connectivity index (χ4v) is 7.46. The number of rotatable bonds is 5. The highest BCUT2D eigenvalue weighted by Gasteiger charge is 2.60. The summed E-state index contributed by atoms with van der Waals surface area (Å²) in [6.07, 6.45) is -0.247. The van der Waals surface area contributed by atoms with E-state index in [9.17, 15) is 43.9 Å². The minimum Gasteiger partial charge on any atom is -0.511 e. The number of carbonyl (C=O) groups excluding carboxylic acids is 2. The number of alkyl halides is 2. The average Bonchev–Trinajstić information content (AvgIpc) is 2.85. The average molecular weight is 593 g/mol. The first-order valence-corrected chi connectivity index (χ1v) is 13.9. The van der Waals surface area contributed by atoms with Crippen LogP contribution in [-0.2, 0) is 17.8 Å². The molecule has 1 aromatic rings. The van der Waals surface area contributed by atoms with Crippen LogP contribution in [0.25, 0.3) is 0 Å². The molecule has 1 aliphatic heterocycles. The molecule has 3 aliphatic carbocycles. The van der Waals surface area contributed by atoms with Gasteiger partial charge in [-0.15, -0.1) is 0 Å². The van der Waals surface area contributed by atoms with Crippen molar-refractivity contribution in [2.45, 2.75) is 50.0 Å². The van der Waals surface area contributed by atoms with Crippen molar-refractivity contribution in [1.29, 1.82) is 0 Å². The molecule has 5 rings (SSSR count). The number of nitrogens with two attached hydrogens (primary N) is 1. The SMILES string of the molecule is CN(C)c1cc(CN2CCC(F)(F)CC2)c(O)c2c1CC1CC3C(C(O)=C1C2=O)C(O)(O)C(C(N)=O)=C(O)[C@H]3N(C)C. The third-order valence-electron chi connectivity index (χ3n) is 9.36. The van der Waals surface area contributed by atoms with Gasteiger partial charge in [0.25, 0.3) is 11.8 Å². The first-order chi connectivity index (χ1) is 19.5. The van der Waals surface area contributed by atoms with Gasteiger partial charge in [-0.1, -0.05) is 0 Å². The number of amides is 1. The Morgan fingerprint density at radius 3 is 2.26 bits per heavy atom. The van der Waals surface area contributed by atoms with Crippen molar-refractivity contribution in [2.24, 2.45) is 23.5 Å². The largest absolute Gasteiger partial charge is 0.511 e. The molecule has 4 aliphatic rings. The molecule has 0 radical (unpaired) electrons. The van der Waals surface area contributed by atoms with E-state index in [1.165, 1.54) is 0 Å². The summed E-state index contributed by atoms with van der Waals surface area (Å²) in [7, 11) is 6.82. The molecule has 0 saturated carbocycles. The second-order valence-corrected chi connectivity index (χ2v) is 12.4. The highest BCUT2D eigenvalue weighted by atomic mass is 19.3. The van der Waals surface area contributed by atoms with Gasteiger partial charge in [-0.2, -0.15) is 0 Å². The molecule has 42 heavy (non-hydrogen) atoms. The summed E-state index contributed by atoms with van der Waals surface area (Å²) in [4.78, 5) is 31.5. The summed E-state index contributed by atoms with van der Waals surface area (Å²) in [6, 6.07) is 0.837. The number of aromatic hydroxyl groups is 1. The third-order valence-corrected chi connectivity index (χ3v) is 9.36. The number of primary amides is 1. The van der Waals surface area contributed by atoms with Gasteiger partial charge in [-0.3, -0.25) is 19.4 Å². The Hall–Kier alpha value is -3.26. The number of likely N-dealkylation sites (N-methyl/N-ethyl adjacent to an activating group) is 1. The van der Waals surface area contributed by atoms with Crippen LogP contribution in [0.15, 0.2) is 28.7 Å². The summed E-state index contributed by atoms with van der Waals surface area (Å²) in [5, 5.41) is 56.2. The number of likely N-dealkylation sites (tertiary alicyclic amines) is 1. The van der Waals surface area contributed by atoms with Crippen LogP contribution in [0, 0.1) is 17.8 Å². The summed E-state index contributed by atoms with van der Waals surface area (Å²) >= 11 is 0. The Morgan fingerprint density at radius 1 is 1.10 bits per heavy atom. The molecule has 4 atom stereocenters. The smallest absolute Gasteiger partial charge is 0.253 e. The molecule has 0 spiro atoms. The predicted molar refractivity (Wildman–Crippen MR) is 148 cm³/mol. The molecule has 3 unspecified atom stereocenters. The number of fused-ring (bicyclic) bond motifs is 3. The second-order valence-electron chi connectivity index (χ2n) is 12.4. The van der Waals surface area contributed by atoms with Gasteiger partial charge >= 0.3 is 0 Å². The topological polar surface area (TPSA) is 171 Å². The van der Waals surface area contributed by atoms with E-state index in [0.29, 0.717) is 16.8 Å². The van der Waals surface area contributed by atoms with Crippen molar-refractivity contribution in [3.05, 3.63) is 45.4 Å². The van der Waals surface area contributed by atoms with E-state index in [1.54, 1.807) is 49.0 Å². The molecular weight excluding hydrogens is 554 g/mol. The van der Waals surface area contributed by atoms with E-state index in [1.807, 2.05) is 0 Å². The molecule has 1 heterocycles. The molecule has 1 fully saturated rings. The fourth-order valence-electron chi connectivity index (χ4n) is 7.46. The highest BCUT2D eigenvalue weighted by molar-refractivity contribution is 6.14. The summed E-state index contributed by atoms with van der Waals surface area (Å²) in [6.45, 7) is 0.377. The normalized spacial score (nSPS) is 28.8. The summed E-state index contributed by atoms with van der Waals surface area (Å²) in [5.41, 5.74) is 5.99. The number of phenols is 1. The number of benzene rings is 1. The van der Waals surface area contributed by atoms with Gasteiger partial charge in [0, 0.05) is 63.4 Å². The molecule has 1 amide bonds. The van der Waals surface area contributed by atoms with Gasteiger partial charge in [0.05, 0.1) is 17.5 Å². The van der Waals surface area contributed by atoms with E-state index in [4.69, 9.17) is 5.73 Å². The van der Waals surface area contributed by atoms with Gasteiger partial charge in [0.2, 0.25) is 5.79 Å². The zero-order valence-corrected chi connectivity index (χ0v) is 24.1. The predicted octanol–water partition coefficient (Wildman–Crippen LogP) is 1.41. The van der Waals surface area contributed by atoms with Gasteiger partial charge in [-0.25, -0.2) is 8.78 Å². The van der Waals surface area contributed by atoms with Crippen molar-refractivity contribution >= 4 is 17.4 Å². The van der Waals surface area contributed by atoms with Crippen LogP contribution in [0.3, 0.4) is 0 Å². The minimum atomic E-state index is -3.06. The lowest BCUT2D eigenvalue weighted by Crippen LogP contribution is -2.60. The van der Waals surface area contributed by atoms with Crippen LogP contribution in [-0.4, -0.2) is 106 Å². The number of carbonyl (C=O) groups is 2. The fraction of sp³-hybridized carbons (Fsp3) is 0.586. The molecular formula is C29H38F2N4O7. The maximum absolute atomic E-state index is 14.1. The number of Topliss-reactive ketones (excluding diaryl/α,β-unsaturated/α-hetero) is 1. The van der Waals surface area contributed by atoms with Gasteiger partial charge in [0.1, 0.15) is 22.8 Å². The summed E-state index contributed by atoms with van der Waals surface area (Å²) < 4.78 is 27.5. The number of piperidine rings is 1. The number of allylic oxidation sites excluding steroid dienone is 1. The molecule has 13 heteroatoms. The van der Waals surface area contributed by atoms with E-state index in [2.05, 4.69) is 0 Å². The highest BCUT2D eigenvalue weighted by Crippen LogP contribution is 2.55. The van der Waals surface area contributed by atoms with Crippen molar-refractivity contribution < 1.29 is 43.9 Å². The minimum absolute atomic E-state index is 0.0373. The number of anilines is 1. The molecule has 1 aromatic carbocycles. The lowest BCUT2D eigenvalue weighted by molar-refractivity contribution is -0.201. The van der Waals surface area contributed by atoms with Crippen molar-refractivity contribution in [2.75, 3.05) is 46.2 Å². The maximum atomic E-state index is 14.1. The van der Waals surface area contributed by atoms with Crippen LogP contribution in [0.2, 0.25) is 0 Å². The van der Waals surface area contributed by atoms with Crippen LogP contribution < -0.4 is 10.6 Å². The number of halogens is 2. The van der Waals surface area contributed by atoms with E-state index in [0.717, 1.165) is 0 Å². The van der Waals surface area contributed by atoms with Crippen molar-refractivity contribution in [1.82, 2.24) is 9.80 Å². The monoisotopic (exact) mass is 592 g/mol. The third kappa shape index (κ3) is 4.62. The van der Waals surface area contributed by atoms with E-state index < -0.39 is 64.3 Å². The van der Waals surface area contributed by atoms with Gasteiger partial charge < -0.3 is 36.2 Å². The number of phenolic OH excluding ortho intramolecular Hbond substituents is 1. The molecule has 7 N–H and O–H groups in total. The maximum Gasteiger partial charge on any atom is 0.253 e. The molecule has 11 nitrogen and oxygen atoms in total. The lowest BCUT2D eigenvalue weighted by atomic mass is 9.59. The molecule has 1 saturated heterocycles. The Balaban J connectivity index is 1.62. The Bertz CT molecular complexity index is 1390. The zero-order valence-electron chi connectivity index (χ0n) is 24.1. The van der Waals surface area contributed by atoms with E-state index >= 15 is 0 Å². The first kappa shape index (κ1) is 30.2. The van der Waals surface area contributed by atoms with Crippen molar-refractivity contribution in [3.63, 3.8) is 0 Å². The van der Waals surface area contributed by atoms with Crippen LogP contribution in [0.4, 0.5) is 14.5 Å². The number of aliphatic hydroxyl groups excluding tert-OH is 2. The lowest BCUT2D eigenvalue weighted by Gasteiger charge is -2.51. The molecule has 0 aromatic heterocycles. The van der Waals surface area contributed by atoms with Crippen LogP contribution in [0.1, 0.15) is 40.7 Å². The molecule has 0 bridgehead atoms. The number of nitrogens with zero attached hydrogens (tertiary/aromatic N) is 3. The number of ketones is 1. The van der Waals surface area contributed by atoms with Gasteiger partial charge in [0.15, 0.2) is 5.78 Å². The number of hydrogen-bond acceptors (Lipinski definition) is 10. The standard InChI is InChI=1S/C29H38F2N4O7/c1-33(2)17-11-14(12-35-7-5-28(30,31)6-8-35)23(36)19-15(17)9-13-10-16-20(25(38)18(13)24(19)37)29(41,42)21(27(32)40)26(39)22(16)34(3)4/h11,13,16,20,22,36,38-39,41-42H,5-10,12H2,1-4H3,(H2,32,40)/t13?,16?,20?,22-/m0/s1. The molecule has 230 valence electrons. The number of hydrogen-bond donors (Lipinski definition) is 6. The van der Waals surface area contributed by atoms with E-state index in [-0.39, 0.29) is 62.2 Å².